The number of alkyl halides is 3. The van der Waals surface area contributed by atoms with Crippen LogP contribution >= 0.6 is 58.2 Å². The van der Waals surface area contributed by atoms with Gasteiger partial charge in [-0.05, 0) is 6.07 Å². The highest BCUT2D eigenvalue weighted by Crippen LogP contribution is 2.41. The van der Waals surface area contributed by atoms with Crippen molar-refractivity contribution < 1.29 is 18.0 Å². The largest absolute Gasteiger partial charge is 0.453 e. The molecule has 2 rings (SSSR count). The standard InChI is InChI=1S/C11H6Cl4F3N5OS/c12-3-1-4(13)7(15)8(6(3)14)20-5(24)2-25-10-22-21-9(23(10)19)11(16,17)18/h1H,2,19H2,(H,20,24). The molecule has 1 amide bonds. The minimum absolute atomic E-state index is 0.0170. The average molecular weight is 455 g/mol. The van der Waals surface area contributed by atoms with E-state index in [1.54, 1.807) is 0 Å². The number of carbonyl (C=O) groups excluding carboxylic acids is 1. The fourth-order valence-electron chi connectivity index (χ4n) is 1.56. The van der Waals surface area contributed by atoms with E-state index in [1.165, 1.54) is 6.07 Å². The monoisotopic (exact) mass is 453 g/mol. The van der Waals surface area contributed by atoms with Crippen LogP contribution in [-0.2, 0) is 11.0 Å². The maximum Gasteiger partial charge on any atom is 0.453 e. The Morgan fingerprint density at radius 1 is 1.20 bits per heavy atom. The SMILES string of the molecule is Nn1c(SCC(=O)Nc2c(Cl)c(Cl)cc(Cl)c2Cl)nnc1C(F)(F)F. The molecule has 0 aliphatic carbocycles. The van der Waals surface area contributed by atoms with Crippen LogP contribution in [0, 0.1) is 0 Å². The first kappa shape index (κ1) is 20.2. The van der Waals surface area contributed by atoms with Gasteiger partial charge in [0.15, 0.2) is 0 Å². The molecular formula is C11H6Cl4F3N5OS. The van der Waals surface area contributed by atoms with Gasteiger partial charge < -0.3 is 11.2 Å². The molecular weight excluding hydrogens is 449 g/mol. The lowest BCUT2D eigenvalue weighted by molar-refractivity contribution is -0.146. The van der Waals surface area contributed by atoms with Crippen molar-refractivity contribution in [2.75, 3.05) is 16.9 Å². The number of aromatic nitrogens is 3. The van der Waals surface area contributed by atoms with E-state index in [0.29, 0.717) is 11.8 Å². The molecule has 136 valence electrons. The summed E-state index contributed by atoms with van der Waals surface area (Å²) in [6, 6.07) is 1.30. The van der Waals surface area contributed by atoms with Gasteiger partial charge in [0, 0.05) is 0 Å². The summed E-state index contributed by atoms with van der Waals surface area (Å²) in [4.78, 5) is 12.0. The third kappa shape index (κ3) is 4.56. The number of amides is 1. The van der Waals surface area contributed by atoms with Gasteiger partial charge in [-0.3, -0.25) is 4.79 Å². The van der Waals surface area contributed by atoms with Crippen molar-refractivity contribution in [2.45, 2.75) is 11.3 Å². The smallest absolute Gasteiger partial charge is 0.335 e. The van der Waals surface area contributed by atoms with Crippen LogP contribution in [0.3, 0.4) is 0 Å². The molecule has 0 saturated heterocycles. The number of thioether (sulfide) groups is 1. The highest BCUT2D eigenvalue weighted by atomic mass is 35.5. The van der Waals surface area contributed by atoms with Gasteiger partial charge in [-0.2, -0.15) is 13.2 Å². The average Bonchev–Trinajstić information content (AvgIpc) is 2.88. The first-order chi connectivity index (χ1) is 11.5. The van der Waals surface area contributed by atoms with Gasteiger partial charge in [-0.1, -0.05) is 58.2 Å². The highest BCUT2D eigenvalue weighted by molar-refractivity contribution is 7.99. The Morgan fingerprint density at radius 2 is 1.76 bits per heavy atom. The summed E-state index contributed by atoms with van der Waals surface area (Å²) in [7, 11) is 0. The zero-order valence-electron chi connectivity index (χ0n) is 11.7. The Morgan fingerprint density at radius 3 is 2.24 bits per heavy atom. The van der Waals surface area contributed by atoms with Crippen molar-refractivity contribution in [3.8, 4) is 0 Å². The van der Waals surface area contributed by atoms with E-state index in [2.05, 4.69) is 15.5 Å². The lowest BCUT2D eigenvalue weighted by Crippen LogP contribution is -2.22. The number of hydrogen-bond acceptors (Lipinski definition) is 5. The second-order valence-corrected chi connectivity index (χ2v) is 6.87. The summed E-state index contributed by atoms with van der Waals surface area (Å²) in [5.41, 5.74) is -0.0170. The van der Waals surface area contributed by atoms with E-state index in [4.69, 9.17) is 52.2 Å². The van der Waals surface area contributed by atoms with Crippen LogP contribution in [0.5, 0.6) is 0 Å². The number of benzene rings is 1. The van der Waals surface area contributed by atoms with Crippen molar-refractivity contribution in [1.82, 2.24) is 14.9 Å². The van der Waals surface area contributed by atoms with Crippen molar-refractivity contribution in [3.05, 3.63) is 32.0 Å². The van der Waals surface area contributed by atoms with Gasteiger partial charge >= 0.3 is 6.18 Å². The van der Waals surface area contributed by atoms with Crippen molar-refractivity contribution in [1.29, 1.82) is 0 Å². The van der Waals surface area contributed by atoms with Gasteiger partial charge in [0.2, 0.25) is 11.1 Å². The highest BCUT2D eigenvalue weighted by Gasteiger charge is 2.38. The third-order valence-corrected chi connectivity index (χ3v) is 5.14. The first-order valence-electron chi connectivity index (χ1n) is 6.05. The predicted molar refractivity (Wildman–Crippen MR) is 91.0 cm³/mol. The van der Waals surface area contributed by atoms with Crippen LogP contribution in [0.15, 0.2) is 11.2 Å². The molecule has 6 nitrogen and oxygen atoms in total. The molecule has 0 radical (unpaired) electrons. The second-order valence-electron chi connectivity index (χ2n) is 4.35. The van der Waals surface area contributed by atoms with Gasteiger partial charge in [-0.25, -0.2) is 4.68 Å². The fraction of sp³-hybridized carbons (Fsp3) is 0.182. The van der Waals surface area contributed by atoms with E-state index in [9.17, 15) is 18.0 Å². The molecule has 1 aromatic carbocycles. The molecule has 0 saturated carbocycles. The van der Waals surface area contributed by atoms with E-state index in [0.717, 1.165) is 0 Å². The number of halogens is 7. The Hall–Kier alpha value is -1.07. The molecule has 0 aliphatic heterocycles. The van der Waals surface area contributed by atoms with Gasteiger partial charge in [0.25, 0.3) is 5.82 Å². The zero-order chi connectivity index (χ0) is 18.9. The van der Waals surface area contributed by atoms with E-state index in [-0.39, 0.29) is 41.4 Å². The number of hydrogen-bond donors (Lipinski definition) is 2. The Balaban J connectivity index is 2.09. The molecule has 1 heterocycles. The van der Waals surface area contributed by atoms with Crippen LogP contribution in [0.4, 0.5) is 18.9 Å². The normalized spacial score (nSPS) is 11.6. The summed E-state index contributed by atoms with van der Waals surface area (Å²) in [6.07, 6.45) is -4.76. The van der Waals surface area contributed by atoms with Crippen molar-refractivity contribution in [2.24, 2.45) is 0 Å². The number of nitrogens with zero attached hydrogens (tertiary/aromatic N) is 3. The van der Waals surface area contributed by atoms with Gasteiger partial charge in [-0.15, -0.1) is 10.2 Å². The molecule has 0 bridgehead atoms. The molecule has 1 aromatic heterocycles. The van der Waals surface area contributed by atoms with Crippen LogP contribution in [0.25, 0.3) is 0 Å². The summed E-state index contributed by atoms with van der Waals surface area (Å²) in [5.74, 6) is 2.88. The quantitative estimate of drug-likeness (QED) is 0.407. The maximum absolute atomic E-state index is 12.6. The first-order valence-corrected chi connectivity index (χ1v) is 8.55. The lowest BCUT2D eigenvalue weighted by Gasteiger charge is -2.11. The van der Waals surface area contributed by atoms with Crippen LogP contribution in [0.1, 0.15) is 5.82 Å². The number of carbonyl (C=O) groups is 1. The molecule has 0 spiro atoms. The fourth-order valence-corrected chi connectivity index (χ4v) is 3.12. The topological polar surface area (TPSA) is 85.8 Å². The molecule has 0 atom stereocenters. The zero-order valence-corrected chi connectivity index (χ0v) is 15.5. The minimum Gasteiger partial charge on any atom is -0.335 e. The predicted octanol–water partition coefficient (Wildman–Crippen LogP) is 4.36. The Bertz CT molecular complexity index is 803. The molecule has 0 aliphatic rings. The maximum atomic E-state index is 12.6. The lowest BCUT2D eigenvalue weighted by atomic mass is 10.3. The number of nitrogens with one attached hydrogen (secondary N) is 1. The van der Waals surface area contributed by atoms with E-state index < -0.39 is 17.9 Å². The number of rotatable bonds is 4. The molecule has 0 fully saturated rings. The molecule has 14 heteroatoms. The molecule has 2 aromatic rings. The van der Waals surface area contributed by atoms with E-state index >= 15 is 0 Å². The van der Waals surface area contributed by atoms with Gasteiger partial charge in [0.1, 0.15) is 0 Å². The molecule has 3 N–H and O–H groups in total. The number of nitrogen functional groups attached to an aromatic ring is 1. The third-order valence-electron chi connectivity index (χ3n) is 2.63. The summed E-state index contributed by atoms with van der Waals surface area (Å²) in [5, 5.41) is 8.35. The summed E-state index contributed by atoms with van der Waals surface area (Å²) >= 11 is 24.2. The van der Waals surface area contributed by atoms with Gasteiger partial charge in [0.05, 0.1) is 31.5 Å². The van der Waals surface area contributed by atoms with Crippen LogP contribution < -0.4 is 11.2 Å². The second kappa shape index (κ2) is 7.67. The van der Waals surface area contributed by atoms with E-state index in [1.807, 2.05) is 0 Å². The molecule has 0 unspecified atom stereocenters. The Labute approximate surface area is 162 Å². The summed E-state index contributed by atoms with van der Waals surface area (Å²) in [6.45, 7) is 0. The minimum atomic E-state index is -4.76. The van der Waals surface area contributed by atoms with Crippen LogP contribution in [0.2, 0.25) is 20.1 Å². The van der Waals surface area contributed by atoms with Crippen molar-refractivity contribution in [3.63, 3.8) is 0 Å². The number of nitrogens with two attached hydrogens (primary N) is 1. The Kier molecular flexibility index (Phi) is 6.21. The van der Waals surface area contributed by atoms with Crippen LogP contribution in [-0.4, -0.2) is 26.5 Å². The molecule has 25 heavy (non-hydrogen) atoms. The summed E-state index contributed by atoms with van der Waals surface area (Å²) < 4.78 is 37.9. The number of anilines is 1. The van der Waals surface area contributed by atoms with Crippen molar-refractivity contribution >= 4 is 69.8 Å².